The van der Waals surface area contributed by atoms with Crippen LogP contribution in [0.3, 0.4) is 0 Å². The highest BCUT2D eigenvalue weighted by Gasteiger charge is 2.15. The monoisotopic (exact) mass is 346 g/mol. The second-order valence-corrected chi connectivity index (χ2v) is 6.43. The third-order valence-electron chi connectivity index (χ3n) is 4.59. The summed E-state index contributed by atoms with van der Waals surface area (Å²) in [7, 11) is 0. The molecule has 2 amide bonds. The maximum atomic E-state index is 12.5. The van der Waals surface area contributed by atoms with Crippen molar-refractivity contribution in [2.24, 2.45) is 5.73 Å². The predicted molar refractivity (Wildman–Crippen MR) is 104 cm³/mol. The van der Waals surface area contributed by atoms with Crippen molar-refractivity contribution in [3.63, 3.8) is 0 Å². The van der Waals surface area contributed by atoms with Gasteiger partial charge in [0.1, 0.15) is 0 Å². The van der Waals surface area contributed by atoms with Gasteiger partial charge in [0.05, 0.1) is 5.92 Å². The molecule has 0 unspecified atom stereocenters. The van der Waals surface area contributed by atoms with Crippen molar-refractivity contribution in [1.82, 2.24) is 5.32 Å². The number of hydrogen-bond acceptors (Lipinski definition) is 2. The fourth-order valence-electron chi connectivity index (χ4n) is 2.99. The number of amides is 2. The molecule has 0 radical (unpaired) electrons. The molecule has 3 aromatic rings. The van der Waals surface area contributed by atoms with E-state index in [9.17, 15) is 9.59 Å². The van der Waals surface area contributed by atoms with Crippen molar-refractivity contribution in [2.75, 3.05) is 6.54 Å². The third kappa shape index (κ3) is 4.09. The normalized spacial score (nSPS) is 11.9. The van der Waals surface area contributed by atoms with E-state index in [1.54, 1.807) is 18.2 Å². The Labute approximate surface area is 153 Å². The molecule has 4 nitrogen and oxygen atoms in total. The Balaban J connectivity index is 1.60. The lowest BCUT2D eigenvalue weighted by Gasteiger charge is -2.13. The van der Waals surface area contributed by atoms with Gasteiger partial charge in [-0.2, -0.15) is 0 Å². The van der Waals surface area contributed by atoms with E-state index in [1.165, 1.54) is 0 Å². The lowest BCUT2D eigenvalue weighted by molar-refractivity contribution is -0.122. The molecule has 0 aromatic heterocycles. The van der Waals surface area contributed by atoms with Gasteiger partial charge in [0.25, 0.3) is 0 Å². The minimum Gasteiger partial charge on any atom is -0.366 e. The average Bonchev–Trinajstić information content (AvgIpc) is 2.67. The van der Waals surface area contributed by atoms with Crippen LogP contribution in [-0.4, -0.2) is 18.4 Å². The molecule has 0 spiro atoms. The number of nitrogens with two attached hydrogens (primary N) is 1. The Bertz CT molecular complexity index is 950. The van der Waals surface area contributed by atoms with E-state index in [0.717, 1.165) is 21.9 Å². The number of nitrogens with one attached hydrogen (secondary N) is 1. The second-order valence-electron chi connectivity index (χ2n) is 6.43. The first-order chi connectivity index (χ1) is 12.5. The molecule has 26 heavy (non-hydrogen) atoms. The fraction of sp³-hybridized carbons (Fsp3) is 0.182. The van der Waals surface area contributed by atoms with Gasteiger partial charge in [-0.25, -0.2) is 0 Å². The van der Waals surface area contributed by atoms with Crippen LogP contribution in [0.15, 0.2) is 66.7 Å². The zero-order valence-corrected chi connectivity index (χ0v) is 14.7. The topological polar surface area (TPSA) is 72.2 Å². The summed E-state index contributed by atoms with van der Waals surface area (Å²) < 4.78 is 0. The van der Waals surface area contributed by atoms with Crippen molar-refractivity contribution < 1.29 is 9.59 Å². The zero-order chi connectivity index (χ0) is 18.5. The molecule has 0 saturated heterocycles. The molecule has 0 saturated carbocycles. The smallest absolute Gasteiger partial charge is 0.248 e. The quantitative estimate of drug-likeness (QED) is 0.718. The van der Waals surface area contributed by atoms with Gasteiger partial charge in [-0.3, -0.25) is 9.59 Å². The van der Waals surface area contributed by atoms with Crippen LogP contribution < -0.4 is 11.1 Å². The molecular formula is C22H22N2O2. The minimum absolute atomic E-state index is 0.00802. The number of fused-ring (bicyclic) bond motifs is 1. The molecule has 0 aliphatic carbocycles. The van der Waals surface area contributed by atoms with Crippen molar-refractivity contribution in [1.29, 1.82) is 0 Å². The lowest BCUT2D eigenvalue weighted by atomic mass is 9.97. The molecule has 3 aromatic carbocycles. The molecule has 0 aliphatic rings. The van der Waals surface area contributed by atoms with E-state index in [4.69, 9.17) is 5.73 Å². The van der Waals surface area contributed by atoms with Crippen LogP contribution >= 0.6 is 0 Å². The molecule has 1 atom stereocenters. The van der Waals surface area contributed by atoms with E-state index in [1.807, 2.05) is 37.3 Å². The first-order valence-electron chi connectivity index (χ1n) is 8.70. The molecule has 0 aliphatic heterocycles. The summed E-state index contributed by atoms with van der Waals surface area (Å²) in [5.74, 6) is -0.677. The van der Waals surface area contributed by atoms with Crippen molar-refractivity contribution >= 4 is 22.6 Å². The molecule has 3 N–H and O–H groups in total. The summed E-state index contributed by atoms with van der Waals surface area (Å²) in [4.78, 5) is 23.7. The van der Waals surface area contributed by atoms with Gasteiger partial charge >= 0.3 is 0 Å². The van der Waals surface area contributed by atoms with Crippen LogP contribution in [0.2, 0.25) is 0 Å². The van der Waals surface area contributed by atoms with E-state index < -0.39 is 5.91 Å². The van der Waals surface area contributed by atoms with Gasteiger partial charge < -0.3 is 11.1 Å². The predicted octanol–water partition coefficient (Wildman–Crippen LogP) is 3.40. The van der Waals surface area contributed by atoms with Crippen LogP contribution in [-0.2, 0) is 11.2 Å². The Kier molecular flexibility index (Phi) is 5.32. The van der Waals surface area contributed by atoms with Crippen LogP contribution in [0.25, 0.3) is 10.8 Å². The number of rotatable bonds is 6. The summed E-state index contributed by atoms with van der Waals surface area (Å²) in [5, 5.41) is 5.27. The molecule has 132 valence electrons. The van der Waals surface area contributed by atoms with Crippen molar-refractivity contribution in [3.05, 3.63) is 83.4 Å². The van der Waals surface area contributed by atoms with E-state index in [0.29, 0.717) is 18.5 Å². The SMILES string of the molecule is C[C@@H](C(=O)NCCc1cccc(C(N)=O)c1)c1ccc2ccccc2c1. The Hall–Kier alpha value is -3.14. The van der Waals surface area contributed by atoms with E-state index in [2.05, 4.69) is 23.5 Å². The summed E-state index contributed by atoms with van der Waals surface area (Å²) in [5.41, 5.74) is 7.75. The first kappa shape index (κ1) is 17.7. The highest BCUT2D eigenvalue weighted by Crippen LogP contribution is 2.21. The second kappa shape index (κ2) is 7.83. The molecule has 0 heterocycles. The summed E-state index contributed by atoms with van der Waals surface area (Å²) in [6.45, 7) is 2.42. The highest BCUT2D eigenvalue weighted by molar-refractivity contribution is 5.93. The van der Waals surface area contributed by atoms with Gasteiger partial charge in [-0.1, -0.05) is 54.6 Å². The molecule has 0 fully saturated rings. The maximum Gasteiger partial charge on any atom is 0.248 e. The largest absolute Gasteiger partial charge is 0.366 e. The average molecular weight is 346 g/mol. The summed E-state index contributed by atoms with van der Waals surface area (Å²) >= 11 is 0. The lowest BCUT2D eigenvalue weighted by Crippen LogP contribution is -2.29. The summed E-state index contributed by atoms with van der Waals surface area (Å²) in [6, 6.07) is 21.4. The standard InChI is InChI=1S/C22H22N2O2/c1-15(18-10-9-17-6-2-3-7-19(17)14-18)22(26)24-12-11-16-5-4-8-20(13-16)21(23)25/h2-10,13-15H,11-12H2,1H3,(H2,23,25)(H,24,26)/t15-/m1/s1. The van der Waals surface area contributed by atoms with Crippen molar-refractivity contribution in [3.8, 4) is 0 Å². The molecular weight excluding hydrogens is 324 g/mol. The maximum absolute atomic E-state index is 12.5. The van der Waals surface area contributed by atoms with Gasteiger partial charge in [-0.15, -0.1) is 0 Å². The van der Waals surface area contributed by atoms with E-state index >= 15 is 0 Å². The zero-order valence-electron chi connectivity index (χ0n) is 14.7. The summed E-state index contributed by atoms with van der Waals surface area (Å²) in [6.07, 6.45) is 0.650. The Morgan fingerprint density at radius 1 is 0.962 bits per heavy atom. The van der Waals surface area contributed by atoms with Gasteiger partial charge in [0.15, 0.2) is 0 Å². The number of carbonyl (C=O) groups is 2. The van der Waals surface area contributed by atoms with Gasteiger partial charge in [-0.05, 0) is 47.4 Å². The fourth-order valence-corrected chi connectivity index (χ4v) is 2.99. The first-order valence-corrected chi connectivity index (χ1v) is 8.70. The Morgan fingerprint density at radius 2 is 1.73 bits per heavy atom. The van der Waals surface area contributed by atoms with Crippen molar-refractivity contribution in [2.45, 2.75) is 19.3 Å². The number of primary amides is 1. The van der Waals surface area contributed by atoms with Crippen LogP contribution in [0.1, 0.15) is 34.3 Å². The molecule has 0 bridgehead atoms. The van der Waals surface area contributed by atoms with Gasteiger partial charge in [0.2, 0.25) is 11.8 Å². The van der Waals surface area contributed by atoms with Crippen LogP contribution in [0.4, 0.5) is 0 Å². The van der Waals surface area contributed by atoms with Crippen LogP contribution in [0.5, 0.6) is 0 Å². The highest BCUT2D eigenvalue weighted by atomic mass is 16.2. The van der Waals surface area contributed by atoms with Crippen LogP contribution in [0, 0.1) is 0 Å². The number of benzene rings is 3. The van der Waals surface area contributed by atoms with E-state index in [-0.39, 0.29) is 11.8 Å². The third-order valence-corrected chi connectivity index (χ3v) is 4.59. The number of hydrogen-bond donors (Lipinski definition) is 2. The van der Waals surface area contributed by atoms with Gasteiger partial charge in [0, 0.05) is 12.1 Å². The minimum atomic E-state index is -0.444. The number of carbonyl (C=O) groups excluding carboxylic acids is 2. The Morgan fingerprint density at radius 3 is 2.50 bits per heavy atom. The molecule has 3 rings (SSSR count). The molecule has 4 heteroatoms.